The molecule has 0 amide bonds. The second kappa shape index (κ2) is 7.18. The van der Waals surface area contributed by atoms with E-state index in [1.54, 1.807) is 6.07 Å². The summed E-state index contributed by atoms with van der Waals surface area (Å²) in [7, 11) is -4.43. The summed E-state index contributed by atoms with van der Waals surface area (Å²) in [5.41, 5.74) is 2.07. The lowest BCUT2D eigenvalue weighted by Gasteiger charge is -2.25. The maximum Gasteiger partial charge on any atom is 0.295 e. The zero-order valence-electron chi connectivity index (χ0n) is 15.5. The minimum absolute atomic E-state index is 0.145. The molecule has 0 atom stereocenters. The van der Waals surface area contributed by atoms with Crippen LogP contribution in [0.1, 0.15) is 20.8 Å². The van der Waals surface area contributed by atoms with Gasteiger partial charge < -0.3 is 4.74 Å². The summed E-state index contributed by atoms with van der Waals surface area (Å²) in [6, 6.07) is 21.6. The predicted molar refractivity (Wildman–Crippen MR) is 108 cm³/mol. The van der Waals surface area contributed by atoms with Crippen LogP contribution in [0, 0.1) is 0 Å². The van der Waals surface area contributed by atoms with Crippen molar-refractivity contribution in [3.63, 3.8) is 0 Å². The van der Waals surface area contributed by atoms with Crippen molar-refractivity contribution in [3.8, 4) is 28.0 Å². The van der Waals surface area contributed by atoms with Gasteiger partial charge in [-0.1, -0.05) is 60.7 Å². The van der Waals surface area contributed by atoms with Crippen LogP contribution in [0.25, 0.3) is 22.3 Å². The van der Waals surface area contributed by atoms with Crippen molar-refractivity contribution >= 4 is 10.1 Å². The van der Waals surface area contributed by atoms with E-state index in [4.69, 9.17) is 4.74 Å². The molecule has 0 saturated heterocycles. The van der Waals surface area contributed by atoms with Gasteiger partial charge in [0, 0.05) is 11.1 Å². The second-order valence-corrected chi connectivity index (χ2v) is 8.62. The van der Waals surface area contributed by atoms with E-state index in [-0.39, 0.29) is 4.90 Å². The molecule has 5 heteroatoms. The number of hydrogen-bond donors (Lipinski definition) is 1. The first kappa shape index (κ1) is 19.1. The van der Waals surface area contributed by atoms with Gasteiger partial charge in [0.25, 0.3) is 10.1 Å². The molecule has 0 spiro atoms. The van der Waals surface area contributed by atoms with Gasteiger partial charge in [-0.25, -0.2) is 0 Å². The van der Waals surface area contributed by atoms with Gasteiger partial charge in [-0.05, 0) is 44.0 Å². The van der Waals surface area contributed by atoms with Gasteiger partial charge in [-0.15, -0.1) is 0 Å². The van der Waals surface area contributed by atoms with Gasteiger partial charge in [0.2, 0.25) is 0 Å². The average molecular weight is 382 g/mol. The number of benzene rings is 3. The average Bonchev–Trinajstić information content (AvgIpc) is 2.60. The summed E-state index contributed by atoms with van der Waals surface area (Å²) < 4.78 is 40.2. The highest BCUT2D eigenvalue weighted by molar-refractivity contribution is 7.86. The second-order valence-electron chi connectivity index (χ2n) is 7.23. The SMILES string of the molecule is CC(C)(C)Oc1ccc(S(=O)(=O)O)c(-c2ccccc2)c1-c1ccccc1. The van der Waals surface area contributed by atoms with Crippen molar-refractivity contribution < 1.29 is 17.7 Å². The maximum absolute atomic E-state index is 12.1. The van der Waals surface area contributed by atoms with E-state index in [2.05, 4.69) is 0 Å². The van der Waals surface area contributed by atoms with Crippen molar-refractivity contribution in [2.75, 3.05) is 0 Å². The molecule has 3 aromatic rings. The predicted octanol–water partition coefficient (Wildman–Crippen LogP) is 5.44. The molecular weight excluding hydrogens is 360 g/mol. The maximum atomic E-state index is 12.1. The van der Waals surface area contributed by atoms with Gasteiger partial charge in [-0.3, -0.25) is 4.55 Å². The highest BCUT2D eigenvalue weighted by Gasteiger charge is 2.25. The first-order chi connectivity index (χ1) is 12.7. The fraction of sp³-hybridized carbons (Fsp3) is 0.182. The molecule has 3 aromatic carbocycles. The molecule has 0 aliphatic heterocycles. The van der Waals surface area contributed by atoms with Crippen LogP contribution >= 0.6 is 0 Å². The van der Waals surface area contributed by atoms with Gasteiger partial charge in [0.05, 0.1) is 0 Å². The Labute approximate surface area is 160 Å². The number of ether oxygens (including phenoxy) is 1. The van der Waals surface area contributed by atoms with Crippen LogP contribution in [-0.2, 0) is 10.1 Å². The molecule has 4 nitrogen and oxygen atoms in total. The summed E-state index contributed by atoms with van der Waals surface area (Å²) >= 11 is 0. The van der Waals surface area contributed by atoms with Crippen LogP contribution in [0.5, 0.6) is 5.75 Å². The Morgan fingerprint density at radius 1 is 0.741 bits per heavy atom. The highest BCUT2D eigenvalue weighted by Crippen LogP contribution is 2.44. The lowest BCUT2D eigenvalue weighted by molar-refractivity contribution is 0.131. The van der Waals surface area contributed by atoms with Crippen LogP contribution in [0.15, 0.2) is 77.7 Å². The summed E-state index contributed by atoms with van der Waals surface area (Å²) in [6.45, 7) is 5.79. The third-order valence-electron chi connectivity index (χ3n) is 3.95. The molecule has 0 heterocycles. The fourth-order valence-electron chi connectivity index (χ4n) is 2.98. The summed E-state index contributed by atoms with van der Waals surface area (Å²) in [4.78, 5) is -0.145. The Morgan fingerprint density at radius 3 is 1.67 bits per heavy atom. The normalized spacial score (nSPS) is 12.0. The Balaban J connectivity index is 2.44. The summed E-state index contributed by atoms with van der Waals surface area (Å²) in [5, 5.41) is 0. The highest BCUT2D eigenvalue weighted by atomic mass is 32.2. The monoisotopic (exact) mass is 382 g/mol. The Morgan fingerprint density at radius 2 is 1.22 bits per heavy atom. The van der Waals surface area contributed by atoms with E-state index in [1.165, 1.54) is 6.07 Å². The van der Waals surface area contributed by atoms with Crippen molar-refractivity contribution in [2.45, 2.75) is 31.3 Å². The van der Waals surface area contributed by atoms with E-state index in [1.807, 2.05) is 81.4 Å². The Bertz CT molecular complexity index is 1030. The lowest BCUT2D eigenvalue weighted by atomic mass is 9.93. The minimum Gasteiger partial charge on any atom is -0.487 e. The van der Waals surface area contributed by atoms with Crippen LogP contribution < -0.4 is 4.74 Å². The zero-order valence-corrected chi connectivity index (χ0v) is 16.3. The minimum atomic E-state index is -4.43. The first-order valence-corrected chi connectivity index (χ1v) is 10.1. The first-order valence-electron chi connectivity index (χ1n) is 8.61. The van der Waals surface area contributed by atoms with Crippen LogP contribution in [0.2, 0.25) is 0 Å². The molecule has 0 bridgehead atoms. The third kappa shape index (κ3) is 4.38. The molecule has 27 heavy (non-hydrogen) atoms. The van der Waals surface area contributed by atoms with E-state index in [9.17, 15) is 13.0 Å². The summed E-state index contributed by atoms with van der Waals surface area (Å²) in [6.07, 6.45) is 0. The third-order valence-corrected chi connectivity index (χ3v) is 4.84. The molecule has 1 N–H and O–H groups in total. The Hall–Kier alpha value is -2.63. The quantitative estimate of drug-likeness (QED) is 0.610. The van der Waals surface area contributed by atoms with Crippen molar-refractivity contribution in [1.82, 2.24) is 0 Å². The smallest absolute Gasteiger partial charge is 0.295 e. The van der Waals surface area contributed by atoms with Gasteiger partial charge in [-0.2, -0.15) is 8.42 Å². The van der Waals surface area contributed by atoms with Crippen LogP contribution in [0.4, 0.5) is 0 Å². The molecule has 0 aliphatic carbocycles. The van der Waals surface area contributed by atoms with E-state index >= 15 is 0 Å². The van der Waals surface area contributed by atoms with Gasteiger partial charge in [0.1, 0.15) is 16.2 Å². The molecule has 0 aliphatic rings. The molecule has 0 radical (unpaired) electrons. The largest absolute Gasteiger partial charge is 0.487 e. The molecule has 0 aromatic heterocycles. The van der Waals surface area contributed by atoms with E-state index in [0.29, 0.717) is 22.4 Å². The number of rotatable bonds is 4. The zero-order chi connectivity index (χ0) is 19.7. The standard InChI is InChI=1S/C22H22O4S/c1-22(2,3)26-18-14-15-19(27(23,24)25)21(17-12-8-5-9-13-17)20(18)16-10-6-4-7-11-16/h4-15H,1-3H3,(H,23,24,25). The molecule has 0 fully saturated rings. The molecule has 0 unspecified atom stereocenters. The van der Waals surface area contributed by atoms with Gasteiger partial charge >= 0.3 is 0 Å². The lowest BCUT2D eigenvalue weighted by Crippen LogP contribution is -2.23. The Kier molecular flexibility index (Phi) is 5.09. The van der Waals surface area contributed by atoms with Crippen LogP contribution in [0.3, 0.4) is 0 Å². The topological polar surface area (TPSA) is 63.6 Å². The van der Waals surface area contributed by atoms with Gasteiger partial charge in [0.15, 0.2) is 0 Å². The van der Waals surface area contributed by atoms with Crippen molar-refractivity contribution in [3.05, 3.63) is 72.8 Å². The molecule has 0 saturated carbocycles. The van der Waals surface area contributed by atoms with Crippen molar-refractivity contribution in [1.29, 1.82) is 0 Å². The van der Waals surface area contributed by atoms with E-state index < -0.39 is 15.7 Å². The molecule has 3 rings (SSSR count). The van der Waals surface area contributed by atoms with E-state index in [0.717, 1.165) is 5.56 Å². The summed E-state index contributed by atoms with van der Waals surface area (Å²) in [5.74, 6) is 0.556. The molecule has 140 valence electrons. The molecular formula is C22H22O4S. The number of hydrogen-bond acceptors (Lipinski definition) is 3. The van der Waals surface area contributed by atoms with Crippen LogP contribution in [-0.4, -0.2) is 18.6 Å². The van der Waals surface area contributed by atoms with Crippen molar-refractivity contribution in [2.24, 2.45) is 0 Å². The fourth-order valence-corrected chi connectivity index (χ4v) is 3.70.